The Labute approximate surface area is 329 Å². The van der Waals surface area contributed by atoms with Gasteiger partial charge in [-0.15, -0.1) is 0 Å². The monoisotopic (exact) mass is 814 g/mol. The van der Waals surface area contributed by atoms with E-state index in [0.29, 0.717) is 145 Å². The van der Waals surface area contributed by atoms with Crippen molar-refractivity contribution >= 4 is 7.82 Å². The van der Waals surface area contributed by atoms with Gasteiger partial charge >= 0.3 is 7.82 Å². The van der Waals surface area contributed by atoms with Crippen molar-refractivity contribution in [2.45, 2.75) is 46.5 Å². The fourth-order valence-corrected chi connectivity index (χ4v) is 5.48. The number of hydrogen-bond donors (Lipinski definition) is 2. The lowest BCUT2D eigenvalue weighted by Crippen LogP contribution is -2.24. The summed E-state index contributed by atoms with van der Waals surface area (Å²) in [6.45, 7) is 21.5. The lowest BCUT2D eigenvalue weighted by Gasteiger charge is -2.33. The Morgan fingerprint density at radius 3 is 0.927 bits per heavy atom. The smallest absolute Gasteiger partial charge is 0.469 e. The number of phosphoric ester groups is 1. The van der Waals surface area contributed by atoms with Gasteiger partial charge in [0.15, 0.2) is 0 Å². The minimum atomic E-state index is -4.44. The first-order chi connectivity index (χ1) is 26.4. The Morgan fingerprint density at radius 1 is 0.418 bits per heavy atom. The molecule has 0 aliphatic rings. The van der Waals surface area contributed by atoms with Crippen LogP contribution in [0.25, 0.3) is 0 Å². The summed E-state index contributed by atoms with van der Waals surface area (Å²) in [6, 6.07) is 8.39. The molecular weight excluding hydrogens is 743 g/mol. The number of phosphoric acid groups is 1. The molecule has 1 aromatic rings. The summed E-state index contributed by atoms with van der Waals surface area (Å²) in [7, 11) is -4.44. The Morgan fingerprint density at radius 2 is 0.673 bits per heavy atom. The third-order valence-electron chi connectivity index (χ3n) is 7.31. The predicted molar refractivity (Wildman–Crippen MR) is 206 cm³/mol. The fourth-order valence-electron chi connectivity index (χ4n) is 5.16. The molecule has 17 heteroatoms. The molecule has 0 heterocycles. The molecular formula is C38H71O16P. The van der Waals surface area contributed by atoms with Crippen LogP contribution in [-0.2, 0) is 66.6 Å². The van der Waals surface area contributed by atoms with Crippen molar-refractivity contribution in [3.05, 3.63) is 29.8 Å². The van der Waals surface area contributed by atoms with Gasteiger partial charge in [-0.3, -0.25) is 4.52 Å². The molecule has 0 unspecified atom stereocenters. The molecule has 55 heavy (non-hydrogen) atoms. The van der Waals surface area contributed by atoms with Crippen molar-refractivity contribution < 1.29 is 75.7 Å². The van der Waals surface area contributed by atoms with Gasteiger partial charge in [0.05, 0.1) is 152 Å². The number of ether oxygens (including phenoxy) is 12. The Balaban J connectivity index is 1.71. The molecule has 0 fully saturated rings. The SMILES string of the molecule is CC(C)(C)CC(C)(C)c1ccc(OCCOCCOCCOCCOCCOCCOCCOCCOCCOCCOCCOCCOP(=O)(O)O)cc1. The highest BCUT2D eigenvalue weighted by atomic mass is 31.2. The van der Waals surface area contributed by atoms with Crippen LogP contribution < -0.4 is 4.74 Å². The van der Waals surface area contributed by atoms with Gasteiger partial charge in [0.25, 0.3) is 0 Å². The van der Waals surface area contributed by atoms with E-state index < -0.39 is 7.82 Å². The van der Waals surface area contributed by atoms with E-state index >= 15 is 0 Å². The summed E-state index contributed by atoms with van der Waals surface area (Å²) in [6.07, 6.45) is 1.11. The Kier molecular flexibility index (Phi) is 31.6. The van der Waals surface area contributed by atoms with Gasteiger partial charge in [0.1, 0.15) is 12.4 Å². The minimum absolute atomic E-state index is 0.0758. The maximum atomic E-state index is 10.5. The summed E-state index contributed by atoms with van der Waals surface area (Å²) < 4.78 is 80.4. The first-order valence-corrected chi connectivity index (χ1v) is 20.7. The number of benzene rings is 1. The maximum Gasteiger partial charge on any atom is 0.469 e. The zero-order valence-electron chi connectivity index (χ0n) is 34.0. The van der Waals surface area contributed by atoms with Crippen molar-refractivity contribution in [1.29, 1.82) is 0 Å². The van der Waals surface area contributed by atoms with E-state index in [4.69, 9.17) is 66.6 Å². The van der Waals surface area contributed by atoms with E-state index in [1.165, 1.54) is 5.56 Å². The second-order valence-electron chi connectivity index (χ2n) is 14.1. The lowest BCUT2D eigenvalue weighted by atomic mass is 9.72. The average Bonchev–Trinajstić information content (AvgIpc) is 3.11. The lowest BCUT2D eigenvalue weighted by molar-refractivity contribution is -0.0280. The van der Waals surface area contributed by atoms with E-state index in [0.717, 1.165) is 12.2 Å². The quantitative estimate of drug-likeness (QED) is 0.0715. The first-order valence-electron chi connectivity index (χ1n) is 19.2. The highest BCUT2D eigenvalue weighted by Gasteiger charge is 2.27. The van der Waals surface area contributed by atoms with E-state index in [2.05, 4.69) is 51.3 Å². The zero-order valence-corrected chi connectivity index (χ0v) is 34.9. The Hall–Kier alpha value is -1.31. The molecule has 0 radical (unpaired) electrons. The number of hydrogen-bond acceptors (Lipinski definition) is 14. The van der Waals surface area contributed by atoms with E-state index in [-0.39, 0.29) is 24.0 Å². The van der Waals surface area contributed by atoms with Crippen LogP contribution in [0.15, 0.2) is 24.3 Å². The minimum Gasteiger partial charge on any atom is -0.491 e. The molecule has 16 nitrogen and oxygen atoms in total. The standard InChI is InChI=1S/C38H71O16P/c1-37(2,3)34-38(4,5)35-6-8-36(9-7-35)53-32-30-51-28-26-49-24-22-47-20-18-45-16-14-43-12-10-42-11-13-44-15-17-46-19-21-48-23-25-50-27-29-52-31-33-54-55(39,40)41/h6-9H,10-34H2,1-5H3,(H2,39,40,41). The van der Waals surface area contributed by atoms with Crippen molar-refractivity contribution in [3.63, 3.8) is 0 Å². The molecule has 324 valence electrons. The van der Waals surface area contributed by atoms with Crippen LogP contribution in [-0.4, -0.2) is 168 Å². The summed E-state index contributed by atoms with van der Waals surface area (Å²) >= 11 is 0. The van der Waals surface area contributed by atoms with Crippen LogP contribution in [0.2, 0.25) is 0 Å². The molecule has 0 bridgehead atoms. The molecule has 1 aromatic carbocycles. The molecule has 0 saturated carbocycles. The van der Waals surface area contributed by atoms with Gasteiger partial charge in [-0.1, -0.05) is 46.8 Å². The topological polar surface area (TPSA) is 178 Å². The van der Waals surface area contributed by atoms with Crippen molar-refractivity contribution in [3.8, 4) is 5.75 Å². The third-order valence-corrected chi connectivity index (χ3v) is 7.83. The second-order valence-corrected chi connectivity index (χ2v) is 15.3. The molecule has 0 aromatic heterocycles. The molecule has 1 rings (SSSR count). The van der Waals surface area contributed by atoms with Gasteiger partial charge in [-0.2, -0.15) is 0 Å². The van der Waals surface area contributed by atoms with Gasteiger partial charge in [-0.25, -0.2) is 4.57 Å². The zero-order chi connectivity index (χ0) is 40.4. The molecule has 0 saturated heterocycles. The van der Waals surface area contributed by atoms with Gasteiger partial charge in [0, 0.05) is 0 Å². The van der Waals surface area contributed by atoms with Gasteiger partial charge in [-0.05, 0) is 34.9 Å². The Bertz CT molecular complexity index is 1030. The molecule has 2 N–H and O–H groups in total. The highest BCUT2D eigenvalue weighted by Crippen LogP contribution is 2.37. The molecule has 0 aliphatic carbocycles. The second kappa shape index (κ2) is 33.6. The van der Waals surface area contributed by atoms with Crippen LogP contribution in [0.5, 0.6) is 5.75 Å². The maximum absolute atomic E-state index is 10.5. The third kappa shape index (κ3) is 35.6. The molecule has 0 atom stereocenters. The molecule has 0 spiro atoms. The van der Waals surface area contributed by atoms with Crippen LogP contribution >= 0.6 is 7.82 Å². The van der Waals surface area contributed by atoms with E-state index in [1.54, 1.807) is 0 Å². The first kappa shape index (κ1) is 51.7. The summed E-state index contributed by atoms with van der Waals surface area (Å²) in [5.41, 5.74) is 1.71. The molecule has 0 aliphatic heterocycles. The van der Waals surface area contributed by atoms with Crippen molar-refractivity contribution in [1.82, 2.24) is 0 Å². The van der Waals surface area contributed by atoms with Gasteiger partial charge in [0.2, 0.25) is 0 Å². The predicted octanol–water partition coefficient (Wildman–Crippen LogP) is 4.07. The summed E-state index contributed by atoms with van der Waals surface area (Å²) in [5.74, 6) is 0.853. The molecule has 0 amide bonds. The normalized spacial score (nSPS) is 12.5. The largest absolute Gasteiger partial charge is 0.491 e. The van der Waals surface area contributed by atoms with Crippen LogP contribution in [0.1, 0.15) is 46.6 Å². The van der Waals surface area contributed by atoms with Crippen LogP contribution in [0.4, 0.5) is 0 Å². The van der Waals surface area contributed by atoms with E-state index in [9.17, 15) is 4.57 Å². The summed E-state index contributed by atoms with van der Waals surface area (Å²) in [4.78, 5) is 17.1. The van der Waals surface area contributed by atoms with Crippen LogP contribution in [0, 0.1) is 5.41 Å². The van der Waals surface area contributed by atoms with Crippen LogP contribution in [0.3, 0.4) is 0 Å². The fraction of sp³-hybridized carbons (Fsp3) is 0.842. The highest BCUT2D eigenvalue weighted by molar-refractivity contribution is 7.46. The van der Waals surface area contributed by atoms with Crippen molar-refractivity contribution in [2.75, 3.05) is 159 Å². The van der Waals surface area contributed by atoms with Crippen molar-refractivity contribution in [2.24, 2.45) is 5.41 Å². The average molecular weight is 815 g/mol. The summed E-state index contributed by atoms with van der Waals surface area (Å²) in [5, 5.41) is 0. The van der Waals surface area contributed by atoms with E-state index in [1.807, 2.05) is 12.1 Å². The number of rotatable bonds is 40. The van der Waals surface area contributed by atoms with Gasteiger partial charge < -0.3 is 66.6 Å².